The van der Waals surface area contributed by atoms with E-state index in [1.165, 1.54) is 70.5 Å². The highest BCUT2D eigenvalue weighted by atomic mass is 32.1. The summed E-state index contributed by atoms with van der Waals surface area (Å²) in [6.45, 7) is 2.43. The summed E-state index contributed by atoms with van der Waals surface area (Å²) in [5.41, 5.74) is 10.7. The maximum atomic E-state index is 2.57. The molecule has 220 valence electrons. The summed E-state index contributed by atoms with van der Waals surface area (Å²) >= 11 is 1.88. The van der Waals surface area contributed by atoms with Crippen molar-refractivity contribution in [2.45, 2.75) is 24.8 Å². The number of nitrogens with zero attached hydrogens (tertiary/aromatic N) is 2. The number of fused-ring (bicyclic) bond motifs is 9. The van der Waals surface area contributed by atoms with Crippen molar-refractivity contribution in [3.05, 3.63) is 168 Å². The molecule has 0 saturated carbocycles. The molecular weight excluding hydrogens is 577 g/mol. The molecule has 4 atom stereocenters. The van der Waals surface area contributed by atoms with Crippen LogP contribution in [0.4, 0.5) is 11.4 Å². The molecule has 0 radical (unpaired) electrons. The maximum absolute atomic E-state index is 2.57. The lowest BCUT2D eigenvalue weighted by atomic mass is 9.74. The van der Waals surface area contributed by atoms with Crippen molar-refractivity contribution >= 4 is 59.9 Å². The fourth-order valence-corrected chi connectivity index (χ4v) is 9.57. The van der Waals surface area contributed by atoms with E-state index in [4.69, 9.17) is 0 Å². The summed E-state index contributed by atoms with van der Waals surface area (Å²) in [4.78, 5) is 2.52. The van der Waals surface area contributed by atoms with Gasteiger partial charge in [-0.3, -0.25) is 0 Å². The third-order valence-corrected chi connectivity index (χ3v) is 11.7. The Morgan fingerprint density at radius 2 is 1.37 bits per heavy atom. The Hall–Kier alpha value is -5.12. The molecule has 1 aliphatic heterocycles. The van der Waals surface area contributed by atoms with Gasteiger partial charge in [-0.1, -0.05) is 104 Å². The first kappa shape index (κ1) is 26.1. The molecule has 0 amide bonds. The molecule has 0 fully saturated rings. The summed E-state index contributed by atoms with van der Waals surface area (Å²) in [5.74, 6) is 0.975. The number of anilines is 2. The molecule has 4 unspecified atom stereocenters. The second kappa shape index (κ2) is 9.94. The predicted octanol–water partition coefficient (Wildman–Crippen LogP) is 11.5. The molecule has 0 N–H and O–H groups in total. The Balaban J connectivity index is 1.08. The normalized spacial score (nSPS) is 21.5. The molecule has 0 bridgehead atoms. The van der Waals surface area contributed by atoms with E-state index in [2.05, 4.69) is 168 Å². The van der Waals surface area contributed by atoms with Crippen molar-refractivity contribution in [1.29, 1.82) is 0 Å². The number of para-hydroxylation sites is 3. The maximum Gasteiger partial charge on any atom is 0.0629 e. The zero-order valence-corrected chi connectivity index (χ0v) is 26.4. The zero-order chi connectivity index (χ0) is 30.4. The van der Waals surface area contributed by atoms with E-state index in [-0.39, 0.29) is 6.04 Å². The SMILES string of the molecule is CC1c2c(n(-c3ccc4sc5ccccc5c4c3)c3ccccc23)C=CC1C1=CC2c3ccccc3N(c3ccccc3)C2C=C1. The van der Waals surface area contributed by atoms with Crippen molar-refractivity contribution in [3.63, 3.8) is 0 Å². The van der Waals surface area contributed by atoms with Gasteiger partial charge in [-0.2, -0.15) is 0 Å². The lowest BCUT2D eigenvalue weighted by Crippen LogP contribution is -2.30. The molecule has 2 aliphatic carbocycles. The van der Waals surface area contributed by atoms with E-state index >= 15 is 0 Å². The highest BCUT2D eigenvalue weighted by molar-refractivity contribution is 7.25. The molecule has 5 aromatic carbocycles. The third kappa shape index (κ3) is 3.69. The minimum Gasteiger partial charge on any atom is -0.333 e. The summed E-state index contributed by atoms with van der Waals surface area (Å²) in [5, 5.41) is 4.03. The Kier molecular flexibility index (Phi) is 5.65. The van der Waals surface area contributed by atoms with E-state index in [0.717, 1.165) is 0 Å². The summed E-state index contributed by atoms with van der Waals surface area (Å²) in [6.07, 6.45) is 12.3. The largest absolute Gasteiger partial charge is 0.333 e. The van der Waals surface area contributed by atoms with Crippen LogP contribution in [0.3, 0.4) is 0 Å². The molecule has 2 nitrogen and oxygen atoms in total. The first-order chi connectivity index (χ1) is 22.7. The highest BCUT2D eigenvalue weighted by Gasteiger charge is 2.40. The summed E-state index contributed by atoms with van der Waals surface area (Å²) in [7, 11) is 0. The van der Waals surface area contributed by atoms with E-state index in [1.807, 2.05) is 11.3 Å². The van der Waals surface area contributed by atoms with Crippen molar-refractivity contribution < 1.29 is 0 Å². The Morgan fingerprint density at radius 1 is 0.609 bits per heavy atom. The van der Waals surface area contributed by atoms with Gasteiger partial charge in [0, 0.05) is 54.5 Å². The van der Waals surface area contributed by atoms with Crippen LogP contribution >= 0.6 is 11.3 Å². The molecule has 2 aromatic heterocycles. The third-order valence-electron chi connectivity index (χ3n) is 10.5. The van der Waals surface area contributed by atoms with Crippen LogP contribution in [0.2, 0.25) is 0 Å². The van der Waals surface area contributed by atoms with Gasteiger partial charge in [0.1, 0.15) is 0 Å². The van der Waals surface area contributed by atoms with E-state index < -0.39 is 0 Å². The summed E-state index contributed by atoms with van der Waals surface area (Å²) in [6, 6.07) is 44.9. The quantitative estimate of drug-likeness (QED) is 0.194. The number of thiophene rings is 1. The van der Waals surface area contributed by atoms with Crippen LogP contribution < -0.4 is 4.90 Å². The fourth-order valence-electron chi connectivity index (χ4n) is 8.48. The average Bonchev–Trinajstić information content (AvgIpc) is 3.76. The van der Waals surface area contributed by atoms with Crippen LogP contribution in [0.25, 0.3) is 42.8 Å². The standard InChI is InChI=1S/C43H32N2S/c1-27-31(28-19-22-39-35(25-28)32-13-5-8-16-37(32)44(39)29-11-3-2-4-12-29)21-23-40-43(27)34-15-6-9-17-38(34)45(40)30-20-24-42-36(26-30)33-14-7-10-18-41(33)46-42/h2-27,31,35,39H,1H3. The predicted molar refractivity (Wildman–Crippen MR) is 196 cm³/mol. The van der Waals surface area contributed by atoms with Crippen molar-refractivity contribution in [1.82, 2.24) is 4.57 Å². The number of hydrogen-bond acceptors (Lipinski definition) is 2. The van der Waals surface area contributed by atoms with Gasteiger partial charge in [0.25, 0.3) is 0 Å². The molecule has 3 aliphatic rings. The minimum atomic E-state index is 0.284. The molecule has 0 saturated heterocycles. The molecule has 0 spiro atoms. The number of benzene rings is 5. The van der Waals surface area contributed by atoms with E-state index in [9.17, 15) is 0 Å². The topological polar surface area (TPSA) is 8.17 Å². The highest BCUT2D eigenvalue weighted by Crippen LogP contribution is 2.51. The molecule has 3 heteroatoms. The monoisotopic (exact) mass is 608 g/mol. The van der Waals surface area contributed by atoms with E-state index in [0.29, 0.717) is 17.8 Å². The number of allylic oxidation sites excluding steroid dienone is 3. The van der Waals surface area contributed by atoms with E-state index in [1.54, 1.807) is 0 Å². The van der Waals surface area contributed by atoms with Crippen molar-refractivity contribution in [2.24, 2.45) is 5.92 Å². The Morgan fingerprint density at radius 3 is 2.28 bits per heavy atom. The average molecular weight is 609 g/mol. The second-order valence-corrected chi connectivity index (χ2v) is 14.0. The van der Waals surface area contributed by atoms with Gasteiger partial charge in [0.05, 0.1) is 17.3 Å². The van der Waals surface area contributed by atoms with Gasteiger partial charge in [0.2, 0.25) is 0 Å². The Labute approximate surface area is 272 Å². The van der Waals surface area contributed by atoms with Crippen LogP contribution in [0.5, 0.6) is 0 Å². The van der Waals surface area contributed by atoms with Gasteiger partial charge in [0.15, 0.2) is 0 Å². The van der Waals surface area contributed by atoms with Gasteiger partial charge >= 0.3 is 0 Å². The molecular formula is C43H32N2S. The van der Waals surface area contributed by atoms with Crippen LogP contribution in [0.1, 0.15) is 35.6 Å². The van der Waals surface area contributed by atoms with Gasteiger partial charge in [-0.25, -0.2) is 0 Å². The molecule has 3 heterocycles. The number of aromatic nitrogens is 1. The lowest BCUT2D eigenvalue weighted by Gasteiger charge is -2.33. The fraction of sp³-hybridized carbons (Fsp3) is 0.116. The van der Waals surface area contributed by atoms with Gasteiger partial charge < -0.3 is 9.47 Å². The van der Waals surface area contributed by atoms with Crippen molar-refractivity contribution in [2.75, 3.05) is 4.90 Å². The minimum absolute atomic E-state index is 0.284. The van der Waals surface area contributed by atoms with Gasteiger partial charge in [-0.05, 0) is 77.2 Å². The molecule has 46 heavy (non-hydrogen) atoms. The zero-order valence-electron chi connectivity index (χ0n) is 25.5. The first-order valence-corrected chi connectivity index (χ1v) is 17.1. The second-order valence-electron chi connectivity index (χ2n) is 12.9. The lowest BCUT2D eigenvalue weighted by molar-refractivity contribution is 0.607. The molecule has 10 rings (SSSR count). The first-order valence-electron chi connectivity index (χ1n) is 16.3. The van der Waals surface area contributed by atoms with Crippen molar-refractivity contribution in [3.8, 4) is 5.69 Å². The Bertz CT molecular complexity index is 2420. The molecule has 7 aromatic rings. The summed E-state index contributed by atoms with van der Waals surface area (Å²) < 4.78 is 5.18. The van der Waals surface area contributed by atoms with Crippen LogP contribution in [-0.4, -0.2) is 10.6 Å². The van der Waals surface area contributed by atoms with Crippen LogP contribution in [-0.2, 0) is 0 Å². The van der Waals surface area contributed by atoms with Gasteiger partial charge in [-0.15, -0.1) is 11.3 Å². The van der Waals surface area contributed by atoms with Crippen LogP contribution in [0.15, 0.2) is 151 Å². The number of rotatable bonds is 3. The van der Waals surface area contributed by atoms with Crippen LogP contribution in [0, 0.1) is 5.92 Å². The smallest absolute Gasteiger partial charge is 0.0629 e. The number of hydrogen-bond donors (Lipinski definition) is 0.